The fraction of sp³-hybridized carbons (Fsp3) is 0.262. The Morgan fingerprint density at radius 3 is 1.76 bits per heavy atom. The first-order chi connectivity index (χ1) is 31.9. The van der Waals surface area contributed by atoms with Crippen LogP contribution >= 0.6 is 0 Å². The standard InChI is InChI=1S/C43H39N.2C10H14.C2H6/c1-6-7-15-31-16-11-12-19-35(31)34-25-23-33(27-30(34)3)44(32-17-9-8-10-18-32)41-28-40-42(37-21-14-13-20-36(37)41)38-24-22-29(2)26-39(38)43(40,4)5;1-8(2)10-6-4-9(3)5-7-10;1-3-9(2)10-7-5-4-6-8-10;1-2/h6-14,16-28H,15H2,1-5H3;4-8H,1-3H3;4-9H,3H2,1-2H3;1-2H3/b7-6+;;;. The van der Waals surface area contributed by atoms with Crippen molar-refractivity contribution in [2.75, 3.05) is 4.90 Å². The highest BCUT2D eigenvalue weighted by Crippen LogP contribution is 2.54. The van der Waals surface area contributed by atoms with E-state index in [9.17, 15) is 0 Å². The summed E-state index contributed by atoms with van der Waals surface area (Å²) in [7, 11) is 0. The third-order valence-electron chi connectivity index (χ3n) is 13.1. The number of anilines is 3. The van der Waals surface area contributed by atoms with Gasteiger partial charge in [0.2, 0.25) is 0 Å². The lowest BCUT2D eigenvalue weighted by Gasteiger charge is -2.30. The number of rotatable bonds is 9. The number of nitrogens with zero attached hydrogens (tertiary/aromatic N) is 1. The molecule has 0 heterocycles. The number of hydrogen-bond donors (Lipinski definition) is 0. The summed E-state index contributed by atoms with van der Waals surface area (Å²) in [6.07, 6.45) is 6.53. The van der Waals surface area contributed by atoms with Crippen molar-refractivity contribution in [3.8, 4) is 22.3 Å². The van der Waals surface area contributed by atoms with Crippen LogP contribution in [0.15, 0.2) is 188 Å². The maximum Gasteiger partial charge on any atom is 0.0543 e. The van der Waals surface area contributed by atoms with Crippen molar-refractivity contribution in [1.29, 1.82) is 0 Å². The zero-order chi connectivity index (χ0) is 47.4. The molecular formula is C65H73N. The van der Waals surface area contributed by atoms with Crippen LogP contribution in [0.3, 0.4) is 0 Å². The minimum absolute atomic E-state index is 0.103. The van der Waals surface area contributed by atoms with Gasteiger partial charge in [0.25, 0.3) is 0 Å². The molecule has 1 nitrogen and oxygen atoms in total. The Hall–Kier alpha value is -6.44. The summed E-state index contributed by atoms with van der Waals surface area (Å²) in [6, 6.07) is 64.3. The molecule has 1 heteroatoms. The lowest BCUT2D eigenvalue weighted by atomic mass is 9.81. The lowest BCUT2D eigenvalue weighted by molar-refractivity contribution is 0.660. The highest BCUT2D eigenvalue weighted by molar-refractivity contribution is 6.10. The van der Waals surface area contributed by atoms with Crippen molar-refractivity contribution in [2.45, 2.75) is 113 Å². The molecule has 338 valence electrons. The van der Waals surface area contributed by atoms with Gasteiger partial charge in [-0.2, -0.15) is 0 Å². The Morgan fingerprint density at radius 2 is 1.12 bits per heavy atom. The first-order valence-corrected chi connectivity index (χ1v) is 24.4. The molecule has 0 amide bonds. The van der Waals surface area contributed by atoms with E-state index in [1.165, 1.54) is 89.6 Å². The number of fused-ring (bicyclic) bond motifs is 5. The van der Waals surface area contributed by atoms with Gasteiger partial charge in [0, 0.05) is 22.2 Å². The SMILES string of the molecule is C/C=C/Cc1ccccc1-c1ccc(N(c2ccccc2)c2cc3c(c4ccccc24)-c2ccc(C)cc2C3(C)C)cc1C.CC.CCC(C)c1ccccc1.Cc1ccc(C(C)C)cc1. The molecule has 0 saturated heterocycles. The molecule has 0 aliphatic heterocycles. The average molecular weight is 868 g/mol. The maximum atomic E-state index is 2.47. The van der Waals surface area contributed by atoms with E-state index in [1.807, 2.05) is 13.8 Å². The van der Waals surface area contributed by atoms with Gasteiger partial charge in [-0.05, 0) is 144 Å². The van der Waals surface area contributed by atoms with Crippen molar-refractivity contribution >= 4 is 27.8 Å². The van der Waals surface area contributed by atoms with Crippen molar-refractivity contribution in [3.05, 3.63) is 233 Å². The number of allylic oxidation sites excluding steroid dienone is 2. The molecule has 0 saturated carbocycles. The second kappa shape index (κ2) is 22.6. The van der Waals surface area contributed by atoms with Gasteiger partial charge in [0.05, 0.1) is 5.69 Å². The predicted molar refractivity (Wildman–Crippen MR) is 291 cm³/mol. The third-order valence-corrected chi connectivity index (χ3v) is 13.1. The molecule has 0 fully saturated rings. The Kier molecular flexibility index (Phi) is 16.8. The predicted octanol–water partition coefficient (Wildman–Crippen LogP) is 19.4. The Balaban J connectivity index is 0.000000268. The van der Waals surface area contributed by atoms with E-state index in [-0.39, 0.29) is 5.41 Å². The molecule has 66 heavy (non-hydrogen) atoms. The first-order valence-electron chi connectivity index (χ1n) is 24.4. The van der Waals surface area contributed by atoms with Crippen molar-refractivity contribution in [1.82, 2.24) is 0 Å². The largest absolute Gasteiger partial charge is 0.310 e. The quantitative estimate of drug-likeness (QED) is 0.131. The Morgan fingerprint density at radius 1 is 0.530 bits per heavy atom. The van der Waals surface area contributed by atoms with Crippen LogP contribution in [0.2, 0.25) is 0 Å². The molecule has 9 rings (SSSR count). The van der Waals surface area contributed by atoms with E-state index < -0.39 is 0 Å². The van der Waals surface area contributed by atoms with Crippen LogP contribution in [-0.4, -0.2) is 0 Å². The van der Waals surface area contributed by atoms with Gasteiger partial charge in [-0.25, -0.2) is 0 Å². The minimum Gasteiger partial charge on any atom is -0.310 e. The molecule has 0 spiro atoms. The highest BCUT2D eigenvalue weighted by Gasteiger charge is 2.38. The molecule has 1 atom stereocenters. The summed E-state index contributed by atoms with van der Waals surface area (Å²) in [5, 5.41) is 2.57. The Bertz CT molecular complexity index is 2820. The van der Waals surface area contributed by atoms with E-state index >= 15 is 0 Å². The highest BCUT2D eigenvalue weighted by atomic mass is 15.1. The molecule has 8 aromatic carbocycles. The van der Waals surface area contributed by atoms with Crippen molar-refractivity contribution in [2.24, 2.45) is 0 Å². The molecule has 0 aromatic heterocycles. The van der Waals surface area contributed by atoms with E-state index in [2.05, 4.69) is 262 Å². The summed E-state index contributed by atoms with van der Waals surface area (Å²) in [5.41, 5.74) is 19.7. The summed E-state index contributed by atoms with van der Waals surface area (Å²) < 4.78 is 0. The zero-order valence-electron chi connectivity index (χ0n) is 41.9. The van der Waals surface area contributed by atoms with Gasteiger partial charge in [-0.3, -0.25) is 0 Å². The Labute approximate surface area is 398 Å². The molecule has 1 aliphatic rings. The molecule has 0 bridgehead atoms. The second-order valence-corrected chi connectivity index (χ2v) is 18.4. The van der Waals surface area contributed by atoms with Crippen LogP contribution in [0.4, 0.5) is 17.1 Å². The fourth-order valence-electron chi connectivity index (χ4n) is 9.13. The van der Waals surface area contributed by atoms with Gasteiger partial charge in [-0.15, -0.1) is 0 Å². The van der Waals surface area contributed by atoms with Gasteiger partial charge < -0.3 is 4.90 Å². The van der Waals surface area contributed by atoms with Gasteiger partial charge in [0.1, 0.15) is 0 Å². The average Bonchev–Trinajstić information content (AvgIpc) is 3.57. The minimum atomic E-state index is -0.103. The van der Waals surface area contributed by atoms with Crippen molar-refractivity contribution < 1.29 is 0 Å². The fourth-order valence-corrected chi connectivity index (χ4v) is 9.13. The second-order valence-electron chi connectivity index (χ2n) is 18.4. The van der Waals surface area contributed by atoms with Crippen LogP contribution in [0, 0.1) is 20.8 Å². The number of para-hydroxylation sites is 1. The number of benzene rings is 8. The van der Waals surface area contributed by atoms with Gasteiger partial charge in [-0.1, -0.05) is 224 Å². The maximum absolute atomic E-state index is 2.47. The van der Waals surface area contributed by atoms with Crippen molar-refractivity contribution in [3.63, 3.8) is 0 Å². The van der Waals surface area contributed by atoms with E-state index in [0.717, 1.165) is 17.8 Å². The first kappa shape index (κ1) is 49.0. The lowest BCUT2D eigenvalue weighted by Crippen LogP contribution is -2.17. The van der Waals surface area contributed by atoms with Crippen LogP contribution in [-0.2, 0) is 11.8 Å². The molecule has 1 aliphatic carbocycles. The van der Waals surface area contributed by atoms with Gasteiger partial charge >= 0.3 is 0 Å². The molecular weight excluding hydrogens is 795 g/mol. The summed E-state index contributed by atoms with van der Waals surface area (Å²) in [6.45, 7) is 26.3. The van der Waals surface area contributed by atoms with Crippen LogP contribution < -0.4 is 4.90 Å². The molecule has 0 N–H and O–H groups in total. The monoisotopic (exact) mass is 868 g/mol. The zero-order valence-corrected chi connectivity index (χ0v) is 41.9. The molecule has 0 radical (unpaired) electrons. The number of hydrogen-bond acceptors (Lipinski definition) is 1. The topological polar surface area (TPSA) is 3.24 Å². The summed E-state index contributed by atoms with van der Waals surface area (Å²) in [4.78, 5) is 2.45. The van der Waals surface area contributed by atoms with E-state index in [0.29, 0.717) is 11.8 Å². The summed E-state index contributed by atoms with van der Waals surface area (Å²) >= 11 is 0. The van der Waals surface area contributed by atoms with Crippen LogP contribution in [0.1, 0.15) is 125 Å². The van der Waals surface area contributed by atoms with Crippen LogP contribution in [0.25, 0.3) is 33.0 Å². The van der Waals surface area contributed by atoms with Crippen LogP contribution in [0.5, 0.6) is 0 Å². The van der Waals surface area contributed by atoms with Gasteiger partial charge in [0.15, 0.2) is 0 Å². The normalized spacial score (nSPS) is 12.5. The smallest absolute Gasteiger partial charge is 0.0543 e. The summed E-state index contributed by atoms with van der Waals surface area (Å²) in [5.74, 6) is 1.36. The molecule has 8 aromatic rings. The third kappa shape index (κ3) is 11.0. The van der Waals surface area contributed by atoms with E-state index in [1.54, 1.807) is 0 Å². The molecule has 1 unspecified atom stereocenters. The number of aryl methyl sites for hydroxylation is 3. The van der Waals surface area contributed by atoms with E-state index in [4.69, 9.17) is 0 Å².